The highest BCUT2D eigenvalue weighted by molar-refractivity contribution is 5.83. The summed E-state index contributed by atoms with van der Waals surface area (Å²) in [4.78, 5) is 35.8. The minimum Gasteiger partial charge on any atom is -0.467 e. The summed E-state index contributed by atoms with van der Waals surface area (Å²) < 4.78 is 9.50. The van der Waals surface area contributed by atoms with Crippen LogP contribution in [0.4, 0.5) is 4.79 Å². The first-order chi connectivity index (χ1) is 9.64. The number of carbonyl (C=O) groups is 3. The third-order valence-electron chi connectivity index (χ3n) is 2.85. The molecule has 1 aliphatic rings. The third kappa shape index (κ3) is 5.22. The van der Waals surface area contributed by atoms with Gasteiger partial charge in [-0.1, -0.05) is 0 Å². The van der Waals surface area contributed by atoms with Crippen LogP contribution in [-0.4, -0.2) is 66.4 Å². The van der Waals surface area contributed by atoms with Crippen molar-refractivity contribution < 1.29 is 29.0 Å². The average Bonchev–Trinajstić information content (AvgIpc) is 2.30. The van der Waals surface area contributed by atoms with Gasteiger partial charge in [0.15, 0.2) is 6.10 Å². The van der Waals surface area contributed by atoms with Gasteiger partial charge < -0.3 is 24.8 Å². The lowest BCUT2D eigenvalue weighted by Gasteiger charge is -2.38. The Kier molecular flexibility index (Phi) is 5.54. The summed E-state index contributed by atoms with van der Waals surface area (Å²) in [5, 5.41) is 11.8. The molecule has 2 amide bonds. The van der Waals surface area contributed by atoms with Crippen molar-refractivity contribution in [3.8, 4) is 0 Å². The number of aliphatic hydroxyl groups is 1. The lowest BCUT2D eigenvalue weighted by Crippen LogP contribution is -2.57. The first-order valence-corrected chi connectivity index (χ1v) is 6.65. The van der Waals surface area contributed by atoms with E-state index in [-0.39, 0.29) is 31.5 Å². The van der Waals surface area contributed by atoms with E-state index in [9.17, 15) is 19.5 Å². The Morgan fingerprint density at radius 2 is 1.90 bits per heavy atom. The smallest absolute Gasteiger partial charge is 0.410 e. The zero-order valence-corrected chi connectivity index (χ0v) is 12.7. The van der Waals surface area contributed by atoms with Gasteiger partial charge in [0, 0.05) is 13.1 Å². The monoisotopic (exact) mass is 302 g/mol. The second-order valence-electron chi connectivity index (χ2n) is 5.87. The van der Waals surface area contributed by atoms with Gasteiger partial charge in [-0.15, -0.1) is 0 Å². The van der Waals surface area contributed by atoms with Crippen molar-refractivity contribution >= 4 is 18.0 Å². The first-order valence-electron chi connectivity index (χ1n) is 6.65. The fourth-order valence-electron chi connectivity index (χ4n) is 1.68. The van der Waals surface area contributed by atoms with E-state index < -0.39 is 23.8 Å². The van der Waals surface area contributed by atoms with Crippen LogP contribution >= 0.6 is 0 Å². The van der Waals surface area contributed by atoms with Crippen molar-refractivity contribution in [3.63, 3.8) is 0 Å². The Morgan fingerprint density at radius 1 is 1.33 bits per heavy atom. The predicted octanol–water partition coefficient (Wildman–Crippen LogP) is -0.497. The van der Waals surface area contributed by atoms with E-state index in [4.69, 9.17) is 4.74 Å². The zero-order chi connectivity index (χ0) is 16.2. The number of likely N-dealkylation sites (tertiary alicyclic amines) is 1. The molecule has 1 unspecified atom stereocenters. The highest BCUT2D eigenvalue weighted by Gasteiger charge is 2.38. The highest BCUT2D eigenvalue weighted by atomic mass is 16.6. The maximum absolute atomic E-state index is 11.7. The molecule has 8 heteroatoms. The van der Waals surface area contributed by atoms with E-state index in [1.54, 1.807) is 20.8 Å². The Balaban J connectivity index is 2.29. The molecule has 120 valence electrons. The number of nitrogens with one attached hydrogen (secondary N) is 1. The molecule has 0 aliphatic carbocycles. The minimum absolute atomic E-state index is 0.214. The number of ether oxygens (including phenoxy) is 2. The van der Waals surface area contributed by atoms with Gasteiger partial charge in [0.1, 0.15) is 5.60 Å². The molecule has 1 heterocycles. The molecule has 0 aromatic carbocycles. The molecule has 0 radical (unpaired) electrons. The van der Waals surface area contributed by atoms with E-state index in [0.717, 1.165) is 7.11 Å². The molecule has 0 saturated carbocycles. The Hall–Kier alpha value is -1.83. The first kappa shape index (κ1) is 17.2. The molecule has 1 atom stereocenters. The fourth-order valence-corrected chi connectivity index (χ4v) is 1.68. The predicted molar refractivity (Wildman–Crippen MR) is 72.3 cm³/mol. The van der Waals surface area contributed by atoms with Gasteiger partial charge in [-0.25, -0.2) is 9.59 Å². The molecule has 1 fully saturated rings. The number of methoxy groups -OCH3 is 1. The zero-order valence-electron chi connectivity index (χ0n) is 12.7. The van der Waals surface area contributed by atoms with Gasteiger partial charge in [-0.3, -0.25) is 4.79 Å². The van der Waals surface area contributed by atoms with Crippen LogP contribution in [0.25, 0.3) is 0 Å². The normalized spacial score (nSPS) is 16.7. The van der Waals surface area contributed by atoms with Gasteiger partial charge in [-0.2, -0.15) is 0 Å². The van der Waals surface area contributed by atoms with Crippen molar-refractivity contribution in [3.05, 3.63) is 0 Å². The van der Waals surface area contributed by atoms with Crippen LogP contribution in [0.5, 0.6) is 0 Å². The van der Waals surface area contributed by atoms with Gasteiger partial charge >= 0.3 is 12.1 Å². The highest BCUT2D eigenvalue weighted by Crippen LogP contribution is 2.19. The maximum atomic E-state index is 11.7. The molecule has 1 aliphatic heterocycles. The Morgan fingerprint density at radius 3 is 2.38 bits per heavy atom. The van der Waals surface area contributed by atoms with Crippen LogP contribution in [-0.2, 0) is 19.1 Å². The van der Waals surface area contributed by atoms with E-state index in [1.165, 1.54) is 4.90 Å². The fraction of sp³-hybridized carbons (Fsp3) is 0.769. The lowest BCUT2D eigenvalue weighted by molar-refractivity contribution is -0.150. The number of rotatable bonds is 4. The summed E-state index contributed by atoms with van der Waals surface area (Å²) in [6, 6.07) is 0. The molecule has 1 rings (SSSR count). The summed E-state index contributed by atoms with van der Waals surface area (Å²) in [6.45, 7) is 5.60. The van der Waals surface area contributed by atoms with E-state index in [0.29, 0.717) is 0 Å². The van der Waals surface area contributed by atoms with Crippen molar-refractivity contribution in [2.75, 3.05) is 26.7 Å². The van der Waals surface area contributed by atoms with Gasteiger partial charge in [0.05, 0.1) is 19.6 Å². The van der Waals surface area contributed by atoms with E-state index in [1.807, 2.05) is 0 Å². The summed E-state index contributed by atoms with van der Waals surface area (Å²) in [5.74, 6) is -1.49. The molecule has 0 spiro atoms. The summed E-state index contributed by atoms with van der Waals surface area (Å²) in [7, 11) is 1.15. The molecule has 21 heavy (non-hydrogen) atoms. The van der Waals surface area contributed by atoms with Crippen LogP contribution in [0.15, 0.2) is 0 Å². The molecule has 8 nitrogen and oxygen atoms in total. The topological polar surface area (TPSA) is 105 Å². The van der Waals surface area contributed by atoms with Crippen molar-refractivity contribution in [2.45, 2.75) is 32.5 Å². The van der Waals surface area contributed by atoms with E-state index in [2.05, 4.69) is 10.1 Å². The molecular formula is C13H22N2O6. The molecule has 0 aromatic heterocycles. The Bertz CT molecular complexity index is 411. The largest absolute Gasteiger partial charge is 0.467 e. The van der Waals surface area contributed by atoms with Gasteiger partial charge in [0.25, 0.3) is 0 Å². The molecule has 0 aromatic rings. The van der Waals surface area contributed by atoms with Crippen LogP contribution in [0.2, 0.25) is 0 Å². The minimum atomic E-state index is -1.39. The van der Waals surface area contributed by atoms with Gasteiger partial charge in [0.2, 0.25) is 5.91 Å². The second kappa shape index (κ2) is 6.75. The molecule has 1 saturated heterocycles. The van der Waals surface area contributed by atoms with Crippen LogP contribution < -0.4 is 5.32 Å². The number of carbonyl (C=O) groups excluding carboxylic acids is 3. The molecular weight excluding hydrogens is 280 g/mol. The lowest BCUT2D eigenvalue weighted by atomic mass is 10.00. The molecule has 2 N–H and O–H groups in total. The number of esters is 1. The summed E-state index contributed by atoms with van der Waals surface area (Å²) in [5.41, 5.74) is -0.574. The Labute approximate surface area is 123 Å². The maximum Gasteiger partial charge on any atom is 0.410 e. The number of nitrogens with zero attached hydrogens (tertiary/aromatic N) is 1. The quantitative estimate of drug-likeness (QED) is 0.679. The van der Waals surface area contributed by atoms with Crippen molar-refractivity contribution in [1.82, 2.24) is 10.2 Å². The number of aliphatic hydroxyl groups excluding tert-OH is 1. The average molecular weight is 302 g/mol. The number of hydrogen-bond acceptors (Lipinski definition) is 6. The molecule has 0 bridgehead atoms. The van der Waals surface area contributed by atoms with Crippen LogP contribution in [0, 0.1) is 5.92 Å². The number of hydrogen-bond donors (Lipinski definition) is 2. The summed E-state index contributed by atoms with van der Waals surface area (Å²) in [6.07, 6.45) is -1.85. The standard InChI is InChI=1S/C13H22N2O6/c1-13(2,3)21-12(19)15-6-8(7-15)10(17)14-5-9(16)11(18)20-4/h8-9,16H,5-7H2,1-4H3,(H,14,17). The van der Waals surface area contributed by atoms with Gasteiger partial charge in [-0.05, 0) is 20.8 Å². The second-order valence-corrected chi connectivity index (χ2v) is 5.87. The van der Waals surface area contributed by atoms with Crippen molar-refractivity contribution in [2.24, 2.45) is 5.92 Å². The van der Waals surface area contributed by atoms with E-state index >= 15 is 0 Å². The third-order valence-corrected chi connectivity index (χ3v) is 2.85. The van der Waals surface area contributed by atoms with Crippen LogP contribution in [0.1, 0.15) is 20.8 Å². The van der Waals surface area contributed by atoms with Crippen LogP contribution in [0.3, 0.4) is 0 Å². The van der Waals surface area contributed by atoms with Crippen molar-refractivity contribution in [1.29, 1.82) is 0 Å². The SMILES string of the molecule is COC(=O)C(O)CNC(=O)C1CN(C(=O)OC(C)(C)C)C1. The summed E-state index contributed by atoms with van der Waals surface area (Å²) >= 11 is 0. The number of amides is 2.